The maximum absolute atomic E-state index is 12.0. The first-order valence-electron chi connectivity index (χ1n) is 8.20. The van der Waals surface area contributed by atoms with Gasteiger partial charge in [-0.25, -0.2) is 9.59 Å². The highest BCUT2D eigenvalue weighted by Crippen LogP contribution is 2.15. The minimum absolute atomic E-state index is 0.141. The van der Waals surface area contributed by atoms with Gasteiger partial charge in [-0.1, -0.05) is 25.7 Å². The summed E-state index contributed by atoms with van der Waals surface area (Å²) in [6.07, 6.45) is 2.32. The molecule has 0 amide bonds. The number of esters is 1. The van der Waals surface area contributed by atoms with Crippen LogP contribution in [0.15, 0.2) is 0 Å². The fourth-order valence-electron chi connectivity index (χ4n) is 2.01. The molecule has 150 valence electrons. The highest BCUT2D eigenvalue weighted by Gasteiger charge is 2.22. The number of unbranched alkanes of at least 4 members (excludes halogenated alkanes) is 4. The molecule has 0 aromatic rings. The Hall–Kier alpha value is -2.52. The maximum atomic E-state index is 12.0. The lowest BCUT2D eigenvalue weighted by Crippen LogP contribution is -2.26. The molecule has 0 aliphatic heterocycles. The quantitative estimate of drug-likeness (QED) is 0.220. The number of hydrogen-bond acceptors (Lipinski definition) is 9. The Morgan fingerprint density at radius 2 is 1.38 bits per heavy atom. The smallest absolute Gasteiger partial charge is 0.481 e. The van der Waals surface area contributed by atoms with Gasteiger partial charge in [0, 0.05) is 6.42 Å². The van der Waals surface area contributed by atoms with Crippen molar-refractivity contribution >= 4 is 24.2 Å². The van der Waals surface area contributed by atoms with Gasteiger partial charge in [0.05, 0.1) is 20.1 Å². The molecular weight excluding hydrogens is 352 g/mol. The number of carbonyl (C=O) groups excluding carboxylic acids is 3. The van der Waals surface area contributed by atoms with Gasteiger partial charge < -0.3 is 28.8 Å². The number of rotatable bonds is 13. The van der Waals surface area contributed by atoms with Crippen LogP contribution in [0.1, 0.15) is 44.9 Å². The Morgan fingerprint density at radius 1 is 0.808 bits per heavy atom. The first kappa shape index (κ1) is 23.5. The summed E-state index contributed by atoms with van der Waals surface area (Å²) >= 11 is 0. The summed E-state index contributed by atoms with van der Waals surface area (Å²) in [4.78, 5) is 44.3. The zero-order chi connectivity index (χ0) is 19.8. The zero-order valence-electron chi connectivity index (χ0n) is 15.1. The highest BCUT2D eigenvalue weighted by molar-refractivity contribution is 5.73. The highest BCUT2D eigenvalue weighted by atomic mass is 16.8. The van der Waals surface area contributed by atoms with E-state index in [-0.39, 0.29) is 13.0 Å². The molecular formula is C16H26O10. The van der Waals surface area contributed by atoms with Gasteiger partial charge in [-0.3, -0.25) is 9.59 Å². The van der Waals surface area contributed by atoms with Crippen LogP contribution >= 0.6 is 0 Å². The number of carboxylic acid groups (broad SMARTS) is 1. The molecule has 10 heteroatoms. The van der Waals surface area contributed by atoms with Crippen molar-refractivity contribution in [2.24, 2.45) is 5.92 Å². The van der Waals surface area contributed by atoms with Crippen LogP contribution in [-0.2, 0) is 33.3 Å². The van der Waals surface area contributed by atoms with Crippen LogP contribution < -0.4 is 0 Å². The standard InChI is InChI=1S/C16H26O10/c1-22-15(20)24-10-12(14(19)25-11-26-16(21)23-2)8-6-4-3-5-7-9-13(17)18/h12H,3-11H2,1-2H3,(H,17,18). The topological polar surface area (TPSA) is 135 Å². The van der Waals surface area contributed by atoms with Crippen LogP contribution in [0.25, 0.3) is 0 Å². The lowest BCUT2D eigenvalue weighted by atomic mass is 10.0. The number of ether oxygens (including phenoxy) is 5. The van der Waals surface area contributed by atoms with Gasteiger partial charge >= 0.3 is 24.2 Å². The molecule has 26 heavy (non-hydrogen) atoms. The zero-order valence-corrected chi connectivity index (χ0v) is 15.1. The Kier molecular flexibility index (Phi) is 13.4. The van der Waals surface area contributed by atoms with Crippen molar-refractivity contribution in [1.82, 2.24) is 0 Å². The van der Waals surface area contributed by atoms with Crippen molar-refractivity contribution < 1.29 is 48.0 Å². The van der Waals surface area contributed by atoms with Crippen LogP contribution in [0.5, 0.6) is 0 Å². The fourth-order valence-corrected chi connectivity index (χ4v) is 2.01. The third kappa shape index (κ3) is 12.8. The SMILES string of the molecule is COC(=O)OCOC(=O)C(CCCCCCCC(=O)O)COC(=O)OC. The van der Waals surface area contributed by atoms with E-state index in [9.17, 15) is 19.2 Å². The molecule has 1 N–H and O–H groups in total. The lowest BCUT2D eigenvalue weighted by Gasteiger charge is -2.15. The minimum atomic E-state index is -0.985. The molecule has 0 aliphatic rings. The van der Waals surface area contributed by atoms with Gasteiger partial charge in [0.2, 0.25) is 6.79 Å². The summed E-state index contributed by atoms with van der Waals surface area (Å²) in [7, 11) is 2.27. The second-order valence-electron chi connectivity index (χ2n) is 5.34. The number of carboxylic acids is 1. The van der Waals surface area contributed by atoms with Gasteiger partial charge in [0.15, 0.2) is 0 Å². The molecule has 0 aliphatic carbocycles. The Bertz CT molecular complexity index is 448. The molecule has 0 spiro atoms. The van der Waals surface area contributed by atoms with Gasteiger partial charge in [-0.15, -0.1) is 0 Å². The average molecular weight is 378 g/mol. The van der Waals surface area contributed by atoms with Crippen molar-refractivity contribution in [3.05, 3.63) is 0 Å². The average Bonchev–Trinajstić information content (AvgIpc) is 2.62. The predicted molar refractivity (Wildman–Crippen MR) is 86.3 cm³/mol. The molecule has 0 fully saturated rings. The summed E-state index contributed by atoms with van der Waals surface area (Å²) in [5, 5.41) is 8.55. The summed E-state index contributed by atoms with van der Waals surface area (Å²) < 4.78 is 22.6. The molecule has 0 saturated carbocycles. The van der Waals surface area contributed by atoms with E-state index >= 15 is 0 Å². The van der Waals surface area contributed by atoms with E-state index in [0.717, 1.165) is 33.5 Å². The molecule has 0 radical (unpaired) electrons. The largest absolute Gasteiger partial charge is 0.510 e. The van der Waals surface area contributed by atoms with E-state index in [1.807, 2.05) is 0 Å². The maximum Gasteiger partial charge on any atom is 0.510 e. The summed E-state index contributed by atoms with van der Waals surface area (Å²) in [6, 6.07) is 0. The van der Waals surface area contributed by atoms with Gasteiger partial charge in [-0.05, 0) is 12.8 Å². The fraction of sp³-hybridized carbons (Fsp3) is 0.750. The molecule has 0 aromatic carbocycles. The molecule has 0 bridgehead atoms. The normalized spacial score (nSPS) is 11.2. The molecule has 1 atom stereocenters. The second-order valence-corrected chi connectivity index (χ2v) is 5.34. The first-order chi connectivity index (χ1) is 12.4. The molecule has 10 nitrogen and oxygen atoms in total. The second kappa shape index (κ2) is 14.8. The van der Waals surface area contributed by atoms with Crippen LogP contribution in [0.3, 0.4) is 0 Å². The lowest BCUT2D eigenvalue weighted by molar-refractivity contribution is -0.160. The number of carbonyl (C=O) groups is 4. The van der Waals surface area contributed by atoms with Gasteiger partial charge in [0.1, 0.15) is 6.61 Å². The van der Waals surface area contributed by atoms with Crippen molar-refractivity contribution in [3.8, 4) is 0 Å². The number of aliphatic carboxylic acids is 1. The van der Waals surface area contributed by atoms with Crippen LogP contribution in [0.4, 0.5) is 9.59 Å². The third-order valence-corrected chi connectivity index (χ3v) is 3.39. The van der Waals surface area contributed by atoms with E-state index in [2.05, 4.69) is 14.2 Å². The van der Waals surface area contributed by atoms with E-state index in [0.29, 0.717) is 19.3 Å². The number of hydrogen-bond donors (Lipinski definition) is 1. The monoisotopic (exact) mass is 378 g/mol. The first-order valence-corrected chi connectivity index (χ1v) is 8.20. The van der Waals surface area contributed by atoms with Crippen LogP contribution in [-0.4, -0.2) is 57.0 Å². The van der Waals surface area contributed by atoms with Crippen molar-refractivity contribution in [2.75, 3.05) is 27.6 Å². The summed E-state index contributed by atoms with van der Waals surface area (Å²) in [6.45, 7) is -0.821. The molecule has 0 aromatic heterocycles. The minimum Gasteiger partial charge on any atom is -0.481 e. The molecule has 0 heterocycles. The third-order valence-electron chi connectivity index (χ3n) is 3.39. The van der Waals surface area contributed by atoms with E-state index in [1.165, 1.54) is 0 Å². The predicted octanol–water partition coefficient (Wildman–Crippen LogP) is 2.48. The van der Waals surface area contributed by atoms with E-state index < -0.39 is 37.0 Å². The van der Waals surface area contributed by atoms with Crippen molar-refractivity contribution in [3.63, 3.8) is 0 Å². The van der Waals surface area contributed by atoms with Crippen molar-refractivity contribution in [1.29, 1.82) is 0 Å². The summed E-state index contributed by atoms with van der Waals surface area (Å²) in [5.74, 6) is -2.22. The number of methoxy groups -OCH3 is 2. The van der Waals surface area contributed by atoms with Crippen LogP contribution in [0, 0.1) is 5.92 Å². The Balaban J connectivity index is 4.19. The van der Waals surface area contributed by atoms with Crippen molar-refractivity contribution in [2.45, 2.75) is 44.9 Å². The van der Waals surface area contributed by atoms with E-state index in [4.69, 9.17) is 14.6 Å². The molecule has 0 rings (SSSR count). The Labute approximate surface area is 151 Å². The van der Waals surface area contributed by atoms with E-state index in [1.54, 1.807) is 0 Å². The van der Waals surface area contributed by atoms with Gasteiger partial charge in [0.25, 0.3) is 0 Å². The Morgan fingerprint density at radius 3 is 2.00 bits per heavy atom. The molecule has 1 unspecified atom stereocenters. The van der Waals surface area contributed by atoms with Crippen LogP contribution in [0.2, 0.25) is 0 Å². The molecule has 0 saturated heterocycles. The summed E-state index contributed by atoms with van der Waals surface area (Å²) in [5.41, 5.74) is 0. The van der Waals surface area contributed by atoms with Gasteiger partial charge in [-0.2, -0.15) is 0 Å².